The molecule has 1 unspecified atom stereocenters. The van der Waals surface area contributed by atoms with Gasteiger partial charge in [-0.15, -0.1) is 0 Å². The Kier molecular flexibility index (Phi) is 3.47. The lowest BCUT2D eigenvalue weighted by atomic mass is 9.88. The van der Waals surface area contributed by atoms with Gasteiger partial charge in [0.2, 0.25) is 0 Å². The van der Waals surface area contributed by atoms with Gasteiger partial charge in [0.25, 0.3) is 5.91 Å². The highest BCUT2D eigenvalue weighted by molar-refractivity contribution is 9.10. The minimum atomic E-state index is -1.14. The first-order valence-corrected chi connectivity index (χ1v) is 6.55. The molecule has 6 heteroatoms. The number of amides is 1. The molecule has 0 saturated carbocycles. The molecule has 18 heavy (non-hydrogen) atoms. The second kappa shape index (κ2) is 4.76. The van der Waals surface area contributed by atoms with Gasteiger partial charge in [0.1, 0.15) is 5.54 Å². The molecule has 98 valence electrons. The lowest BCUT2D eigenvalue weighted by Crippen LogP contribution is -2.57. The standard InChI is InChI=1S/C12H14BrNO4/c1-12(11(16)17)6-2-3-7-14(12)10(15)8-4-5-9(13)18-8/h4-5H,2-3,6-7H2,1H3,(H,16,17). The highest BCUT2D eigenvalue weighted by Gasteiger charge is 2.44. The topological polar surface area (TPSA) is 70.8 Å². The van der Waals surface area contributed by atoms with Crippen LogP contribution in [0.2, 0.25) is 0 Å². The molecule has 1 saturated heterocycles. The van der Waals surface area contributed by atoms with Crippen LogP contribution in [0.4, 0.5) is 0 Å². The quantitative estimate of drug-likeness (QED) is 0.910. The van der Waals surface area contributed by atoms with Crippen molar-refractivity contribution in [3.63, 3.8) is 0 Å². The Bertz CT molecular complexity index is 484. The normalized spacial score (nSPS) is 24.0. The number of nitrogens with zero attached hydrogens (tertiary/aromatic N) is 1. The summed E-state index contributed by atoms with van der Waals surface area (Å²) >= 11 is 3.13. The fourth-order valence-electron chi connectivity index (χ4n) is 2.23. The van der Waals surface area contributed by atoms with Gasteiger partial charge < -0.3 is 14.4 Å². The number of furan rings is 1. The minimum absolute atomic E-state index is 0.163. The third-order valence-electron chi connectivity index (χ3n) is 3.38. The molecule has 1 aliphatic heterocycles. The van der Waals surface area contributed by atoms with Crippen LogP contribution in [0.1, 0.15) is 36.7 Å². The lowest BCUT2D eigenvalue weighted by Gasteiger charge is -2.41. The second-order valence-electron chi connectivity index (χ2n) is 4.60. The van der Waals surface area contributed by atoms with Crippen molar-refractivity contribution in [3.8, 4) is 0 Å². The molecule has 0 aliphatic carbocycles. The first-order valence-electron chi connectivity index (χ1n) is 5.76. The van der Waals surface area contributed by atoms with E-state index in [1.807, 2.05) is 0 Å². The fraction of sp³-hybridized carbons (Fsp3) is 0.500. The van der Waals surface area contributed by atoms with Crippen LogP contribution >= 0.6 is 15.9 Å². The Morgan fingerprint density at radius 1 is 1.44 bits per heavy atom. The van der Waals surface area contributed by atoms with E-state index in [4.69, 9.17) is 4.42 Å². The van der Waals surface area contributed by atoms with Gasteiger partial charge in [-0.25, -0.2) is 4.79 Å². The summed E-state index contributed by atoms with van der Waals surface area (Å²) in [5.74, 6) is -1.18. The van der Waals surface area contributed by atoms with Gasteiger partial charge in [-0.05, 0) is 54.2 Å². The third kappa shape index (κ3) is 2.16. The van der Waals surface area contributed by atoms with E-state index in [1.165, 1.54) is 4.90 Å². The molecule has 0 radical (unpaired) electrons. The van der Waals surface area contributed by atoms with E-state index in [9.17, 15) is 14.7 Å². The van der Waals surface area contributed by atoms with Crippen LogP contribution in [0.25, 0.3) is 0 Å². The van der Waals surface area contributed by atoms with E-state index in [1.54, 1.807) is 19.1 Å². The number of piperidine rings is 1. The molecule has 1 fully saturated rings. The zero-order chi connectivity index (χ0) is 13.3. The molecule has 1 amide bonds. The molecule has 0 bridgehead atoms. The summed E-state index contributed by atoms with van der Waals surface area (Å²) in [4.78, 5) is 25.1. The van der Waals surface area contributed by atoms with Crippen molar-refractivity contribution >= 4 is 27.8 Å². The van der Waals surface area contributed by atoms with E-state index in [0.717, 1.165) is 12.8 Å². The highest BCUT2D eigenvalue weighted by Crippen LogP contribution is 2.30. The number of aliphatic carboxylic acids is 1. The van der Waals surface area contributed by atoms with E-state index >= 15 is 0 Å². The minimum Gasteiger partial charge on any atom is -0.480 e. The maximum atomic E-state index is 12.3. The predicted molar refractivity (Wildman–Crippen MR) is 67.3 cm³/mol. The van der Waals surface area contributed by atoms with Crippen LogP contribution in [0.15, 0.2) is 21.2 Å². The van der Waals surface area contributed by atoms with Crippen LogP contribution in [0, 0.1) is 0 Å². The molecular formula is C12H14BrNO4. The van der Waals surface area contributed by atoms with Gasteiger partial charge in [-0.1, -0.05) is 0 Å². The predicted octanol–water partition coefficient (Wildman–Crippen LogP) is 2.51. The molecule has 1 atom stereocenters. The van der Waals surface area contributed by atoms with Crippen LogP contribution < -0.4 is 0 Å². The number of carbonyl (C=O) groups excluding carboxylic acids is 1. The van der Waals surface area contributed by atoms with Gasteiger partial charge in [0.05, 0.1) is 0 Å². The summed E-state index contributed by atoms with van der Waals surface area (Å²) in [6, 6.07) is 3.17. The van der Waals surface area contributed by atoms with Crippen LogP contribution in [0.5, 0.6) is 0 Å². The fourth-order valence-corrected chi connectivity index (χ4v) is 2.54. The van der Waals surface area contributed by atoms with Crippen LogP contribution in [-0.2, 0) is 4.79 Å². The smallest absolute Gasteiger partial charge is 0.329 e. The number of likely N-dealkylation sites (tertiary alicyclic amines) is 1. The number of carbonyl (C=O) groups is 2. The summed E-state index contributed by atoms with van der Waals surface area (Å²) in [6.07, 6.45) is 2.10. The van der Waals surface area contributed by atoms with Crippen molar-refractivity contribution in [2.24, 2.45) is 0 Å². The maximum absolute atomic E-state index is 12.3. The molecule has 0 spiro atoms. The molecule has 1 aromatic rings. The molecule has 1 aromatic heterocycles. The largest absolute Gasteiger partial charge is 0.480 e. The van der Waals surface area contributed by atoms with Crippen molar-refractivity contribution in [2.45, 2.75) is 31.7 Å². The number of carboxylic acids is 1. The van der Waals surface area contributed by atoms with E-state index in [0.29, 0.717) is 17.6 Å². The lowest BCUT2D eigenvalue weighted by molar-refractivity contribution is -0.150. The van der Waals surface area contributed by atoms with E-state index in [2.05, 4.69) is 15.9 Å². The Morgan fingerprint density at radius 3 is 2.72 bits per heavy atom. The van der Waals surface area contributed by atoms with Crippen LogP contribution in [-0.4, -0.2) is 34.0 Å². The van der Waals surface area contributed by atoms with Crippen molar-refractivity contribution in [3.05, 3.63) is 22.6 Å². The van der Waals surface area contributed by atoms with Crippen LogP contribution in [0.3, 0.4) is 0 Å². The number of hydrogen-bond donors (Lipinski definition) is 1. The molecule has 1 aliphatic rings. The molecule has 0 aromatic carbocycles. The molecule has 5 nitrogen and oxygen atoms in total. The van der Waals surface area contributed by atoms with Crippen molar-refractivity contribution in [2.75, 3.05) is 6.54 Å². The summed E-state index contributed by atoms with van der Waals surface area (Å²) in [6.45, 7) is 2.03. The van der Waals surface area contributed by atoms with Crippen molar-refractivity contribution in [1.82, 2.24) is 4.90 Å². The average Bonchev–Trinajstić information content (AvgIpc) is 2.75. The molecular weight excluding hydrogens is 302 g/mol. The van der Waals surface area contributed by atoms with Crippen molar-refractivity contribution in [1.29, 1.82) is 0 Å². The Labute approximate surface area is 113 Å². The SMILES string of the molecule is CC1(C(=O)O)CCCCN1C(=O)c1ccc(Br)o1. The Hall–Kier alpha value is -1.30. The van der Waals surface area contributed by atoms with Gasteiger partial charge in [0, 0.05) is 6.54 Å². The molecule has 1 N–H and O–H groups in total. The summed E-state index contributed by atoms with van der Waals surface area (Å²) < 4.78 is 5.66. The third-order valence-corrected chi connectivity index (χ3v) is 3.81. The van der Waals surface area contributed by atoms with Gasteiger partial charge >= 0.3 is 5.97 Å². The molecule has 2 rings (SSSR count). The zero-order valence-corrected chi connectivity index (χ0v) is 11.6. The number of carboxylic acid groups (broad SMARTS) is 1. The van der Waals surface area contributed by atoms with E-state index in [-0.39, 0.29) is 11.7 Å². The zero-order valence-electron chi connectivity index (χ0n) is 9.98. The summed E-state index contributed by atoms with van der Waals surface area (Å²) in [5, 5.41) is 9.34. The van der Waals surface area contributed by atoms with Crippen molar-refractivity contribution < 1.29 is 19.1 Å². The average molecular weight is 316 g/mol. The maximum Gasteiger partial charge on any atom is 0.329 e. The van der Waals surface area contributed by atoms with Gasteiger partial charge in [0.15, 0.2) is 10.4 Å². The van der Waals surface area contributed by atoms with Gasteiger partial charge in [-0.3, -0.25) is 4.79 Å². The first-order chi connectivity index (χ1) is 8.45. The number of rotatable bonds is 2. The Morgan fingerprint density at radius 2 is 2.17 bits per heavy atom. The highest BCUT2D eigenvalue weighted by atomic mass is 79.9. The first kappa shape index (κ1) is 13.1. The Balaban J connectivity index is 2.30. The van der Waals surface area contributed by atoms with E-state index < -0.39 is 11.5 Å². The summed E-state index contributed by atoms with van der Waals surface area (Å²) in [7, 11) is 0. The monoisotopic (exact) mass is 315 g/mol. The number of hydrogen-bond acceptors (Lipinski definition) is 3. The van der Waals surface area contributed by atoms with Gasteiger partial charge in [-0.2, -0.15) is 0 Å². The summed E-state index contributed by atoms with van der Waals surface area (Å²) in [5.41, 5.74) is -1.14. The second-order valence-corrected chi connectivity index (χ2v) is 5.38. The number of halogens is 1. The molecule has 2 heterocycles.